The van der Waals surface area contributed by atoms with Crippen LogP contribution in [0.5, 0.6) is 0 Å². The summed E-state index contributed by atoms with van der Waals surface area (Å²) >= 11 is 7.45. The fourth-order valence-corrected chi connectivity index (χ4v) is 1.81. The van der Waals surface area contributed by atoms with E-state index in [1.165, 1.54) is 4.88 Å². The van der Waals surface area contributed by atoms with Crippen molar-refractivity contribution in [1.29, 1.82) is 0 Å². The first-order valence-corrected chi connectivity index (χ1v) is 4.46. The quantitative estimate of drug-likeness (QED) is 0.743. The number of thiophene rings is 1. The van der Waals surface area contributed by atoms with Gasteiger partial charge in [0.1, 0.15) is 0 Å². The lowest BCUT2D eigenvalue weighted by Gasteiger charge is -1.93. The topological polar surface area (TPSA) is 12.0 Å². The van der Waals surface area contributed by atoms with Crippen molar-refractivity contribution in [2.45, 2.75) is 6.42 Å². The van der Waals surface area contributed by atoms with Crippen molar-refractivity contribution in [1.82, 2.24) is 5.32 Å². The first-order valence-electron chi connectivity index (χ1n) is 3.20. The highest BCUT2D eigenvalue weighted by Crippen LogP contribution is 2.18. The van der Waals surface area contributed by atoms with Crippen LogP contribution in [0.3, 0.4) is 0 Å². The van der Waals surface area contributed by atoms with Crippen molar-refractivity contribution in [2.24, 2.45) is 0 Å². The molecule has 0 aliphatic rings. The summed E-state index contributed by atoms with van der Waals surface area (Å²) in [7, 11) is 1.95. The number of likely N-dealkylation sites (N-methyl/N-ethyl adjacent to an activating group) is 1. The molecule has 0 atom stereocenters. The highest BCUT2D eigenvalue weighted by molar-refractivity contribution is 7.10. The largest absolute Gasteiger partial charge is 0.319 e. The standard InChI is InChI=1S/C7H10ClNS/c1-9-3-2-7-4-6(8)5-10-7/h4-5,9H,2-3H2,1H3. The third-order valence-corrected chi connectivity index (χ3v) is 2.59. The molecule has 10 heavy (non-hydrogen) atoms. The van der Waals surface area contributed by atoms with Crippen molar-refractivity contribution in [3.63, 3.8) is 0 Å². The number of nitrogens with one attached hydrogen (secondary N) is 1. The molecule has 3 heteroatoms. The van der Waals surface area contributed by atoms with Gasteiger partial charge in [0.25, 0.3) is 0 Å². The predicted octanol–water partition coefficient (Wildman–Crippen LogP) is 2.16. The van der Waals surface area contributed by atoms with Gasteiger partial charge in [0.2, 0.25) is 0 Å². The predicted molar refractivity (Wildman–Crippen MR) is 47.0 cm³/mol. The maximum absolute atomic E-state index is 5.73. The molecule has 0 fully saturated rings. The molecular weight excluding hydrogens is 166 g/mol. The first kappa shape index (κ1) is 8.05. The minimum absolute atomic E-state index is 0.858. The summed E-state index contributed by atoms with van der Waals surface area (Å²) in [5.74, 6) is 0. The molecule has 56 valence electrons. The van der Waals surface area contributed by atoms with Crippen molar-refractivity contribution in [3.05, 3.63) is 21.3 Å². The second kappa shape index (κ2) is 3.96. The van der Waals surface area contributed by atoms with E-state index in [9.17, 15) is 0 Å². The summed E-state index contributed by atoms with van der Waals surface area (Å²) in [5, 5.41) is 5.91. The molecule has 0 spiro atoms. The molecule has 0 saturated heterocycles. The maximum atomic E-state index is 5.73. The maximum Gasteiger partial charge on any atom is 0.0515 e. The molecule has 0 amide bonds. The van der Waals surface area contributed by atoms with Gasteiger partial charge in [-0.25, -0.2) is 0 Å². The molecule has 0 aliphatic heterocycles. The lowest BCUT2D eigenvalue weighted by atomic mass is 10.3. The van der Waals surface area contributed by atoms with E-state index in [0.717, 1.165) is 18.0 Å². The van der Waals surface area contributed by atoms with Gasteiger partial charge in [-0.05, 0) is 26.1 Å². The van der Waals surface area contributed by atoms with Gasteiger partial charge in [0, 0.05) is 10.3 Å². The molecule has 0 bridgehead atoms. The second-order valence-corrected chi connectivity index (χ2v) is 3.52. The highest BCUT2D eigenvalue weighted by Gasteiger charge is 1.95. The van der Waals surface area contributed by atoms with Gasteiger partial charge in [0.05, 0.1) is 5.02 Å². The van der Waals surface area contributed by atoms with Crippen molar-refractivity contribution in [3.8, 4) is 0 Å². The van der Waals surface area contributed by atoms with Gasteiger partial charge in [0.15, 0.2) is 0 Å². The van der Waals surface area contributed by atoms with Crippen LogP contribution in [-0.2, 0) is 6.42 Å². The normalized spacial score (nSPS) is 10.2. The summed E-state index contributed by atoms with van der Waals surface area (Å²) < 4.78 is 0. The van der Waals surface area contributed by atoms with Crippen molar-refractivity contribution in [2.75, 3.05) is 13.6 Å². The zero-order valence-electron chi connectivity index (χ0n) is 5.86. The molecule has 0 unspecified atom stereocenters. The second-order valence-electron chi connectivity index (χ2n) is 2.08. The van der Waals surface area contributed by atoms with Crippen molar-refractivity contribution >= 4 is 22.9 Å². The third-order valence-electron chi connectivity index (χ3n) is 1.24. The SMILES string of the molecule is CNCCc1cc(Cl)cs1. The number of hydrogen-bond acceptors (Lipinski definition) is 2. The Morgan fingerprint density at radius 2 is 2.50 bits per heavy atom. The van der Waals surface area contributed by atoms with E-state index in [1.807, 2.05) is 18.5 Å². The van der Waals surface area contributed by atoms with Crippen LogP contribution in [-0.4, -0.2) is 13.6 Å². The van der Waals surface area contributed by atoms with Gasteiger partial charge < -0.3 is 5.32 Å². The minimum atomic E-state index is 0.858. The molecule has 1 heterocycles. The lowest BCUT2D eigenvalue weighted by Crippen LogP contribution is -2.09. The summed E-state index contributed by atoms with van der Waals surface area (Å²) in [5.41, 5.74) is 0. The Balaban J connectivity index is 2.42. The van der Waals surface area contributed by atoms with E-state index < -0.39 is 0 Å². The molecule has 1 nitrogen and oxygen atoms in total. The molecule has 0 aromatic carbocycles. The molecule has 0 saturated carbocycles. The summed E-state index contributed by atoms with van der Waals surface area (Å²) in [6.07, 6.45) is 1.08. The Morgan fingerprint density at radius 3 is 3.00 bits per heavy atom. The Bertz CT molecular complexity index is 197. The smallest absolute Gasteiger partial charge is 0.0515 e. The van der Waals surface area contributed by atoms with Crippen LogP contribution in [0.25, 0.3) is 0 Å². The number of hydrogen-bond donors (Lipinski definition) is 1. The summed E-state index contributed by atoms with van der Waals surface area (Å²) in [6, 6.07) is 2.02. The van der Waals surface area contributed by atoms with Crippen LogP contribution in [0.15, 0.2) is 11.4 Å². The zero-order valence-corrected chi connectivity index (χ0v) is 7.43. The van der Waals surface area contributed by atoms with Gasteiger partial charge >= 0.3 is 0 Å². The Labute approximate surface area is 70.0 Å². The molecule has 1 aromatic rings. The van der Waals surface area contributed by atoms with Crippen LogP contribution in [0.4, 0.5) is 0 Å². The molecule has 1 N–H and O–H groups in total. The van der Waals surface area contributed by atoms with E-state index in [1.54, 1.807) is 11.3 Å². The summed E-state index contributed by atoms with van der Waals surface area (Å²) in [6.45, 7) is 1.02. The zero-order chi connectivity index (χ0) is 7.40. The van der Waals surface area contributed by atoms with Gasteiger partial charge in [-0.1, -0.05) is 11.6 Å². The van der Waals surface area contributed by atoms with Crippen molar-refractivity contribution < 1.29 is 0 Å². The Kier molecular flexibility index (Phi) is 3.19. The molecule has 0 radical (unpaired) electrons. The first-order chi connectivity index (χ1) is 4.83. The Hall–Kier alpha value is -0.0500. The van der Waals surface area contributed by atoms with Gasteiger partial charge in [-0.15, -0.1) is 11.3 Å². The molecular formula is C7H10ClNS. The van der Waals surface area contributed by atoms with E-state index in [0.29, 0.717) is 0 Å². The van der Waals surface area contributed by atoms with Gasteiger partial charge in [-0.2, -0.15) is 0 Å². The van der Waals surface area contributed by atoms with E-state index in [-0.39, 0.29) is 0 Å². The van der Waals surface area contributed by atoms with E-state index in [4.69, 9.17) is 11.6 Å². The van der Waals surface area contributed by atoms with Crippen LogP contribution in [0, 0.1) is 0 Å². The third kappa shape index (κ3) is 2.29. The van der Waals surface area contributed by atoms with Crippen LogP contribution >= 0.6 is 22.9 Å². The molecule has 0 aliphatic carbocycles. The van der Waals surface area contributed by atoms with Crippen LogP contribution in [0.1, 0.15) is 4.88 Å². The van der Waals surface area contributed by atoms with E-state index >= 15 is 0 Å². The Morgan fingerprint density at radius 1 is 1.70 bits per heavy atom. The van der Waals surface area contributed by atoms with Crippen LogP contribution < -0.4 is 5.32 Å². The highest BCUT2D eigenvalue weighted by atomic mass is 35.5. The lowest BCUT2D eigenvalue weighted by molar-refractivity contribution is 0.799. The average Bonchev–Trinajstić information content (AvgIpc) is 2.31. The van der Waals surface area contributed by atoms with Crippen LogP contribution in [0.2, 0.25) is 5.02 Å². The number of rotatable bonds is 3. The molecule has 1 rings (SSSR count). The fourth-order valence-electron chi connectivity index (χ4n) is 0.733. The average molecular weight is 176 g/mol. The summed E-state index contributed by atoms with van der Waals surface area (Å²) in [4.78, 5) is 1.35. The monoisotopic (exact) mass is 175 g/mol. The minimum Gasteiger partial charge on any atom is -0.319 e. The molecule has 1 aromatic heterocycles. The van der Waals surface area contributed by atoms with E-state index in [2.05, 4.69) is 5.32 Å². The fraction of sp³-hybridized carbons (Fsp3) is 0.429. The number of halogens is 1. The van der Waals surface area contributed by atoms with Gasteiger partial charge in [-0.3, -0.25) is 0 Å².